The molecule has 5 heteroatoms. The van der Waals surface area contributed by atoms with E-state index in [2.05, 4.69) is 5.32 Å². The number of rotatable bonds is 5. The lowest BCUT2D eigenvalue weighted by Gasteiger charge is -2.14. The summed E-state index contributed by atoms with van der Waals surface area (Å²) >= 11 is 0. The van der Waals surface area contributed by atoms with Gasteiger partial charge in [0.1, 0.15) is 5.75 Å². The molecular weight excluding hydrogens is 268 g/mol. The van der Waals surface area contributed by atoms with Gasteiger partial charge < -0.3 is 15.8 Å². The first kappa shape index (κ1) is 14.6. The van der Waals surface area contributed by atoms with Gasteiger partial charge in [-0.2, -0.15) is 0 Å². The van der Waals surface area contributed by atoms with Crippen molar-refractivity contribution in [3.63, 3.8) is 0 Å². The number of carbonyl (C=O) groups is 2. The van der Waals surface area contributed by atoms with E-state index >= 15 is 0 Å². The highest BCUT2D eigenvalue weighted by molar-refractivity contribution is 6.06. The molecule has 3 N–H and O–H groups in total. The molecule has 0 heterocycles. The fraction of sp³-hybridized carbons (Fsp3) is 0.125. The van der Waals surface area contributed by atoms with Gasteiger partial charge in [-0.25, -0.2) is 0 Å². The number of primary amides is 1. The Hall–Kier alpha value is -2.82. The van der Waals surface area contributed by atoms with Crippen LogP contribution in [0.4, 0.5) is 5.69 Å². The van der Waals surface area contributed by atoms with Crippen LogP contribution < -0.4 is 15.8 Å². The zero-order chi connectivity index (χ0) is 15.2. The van der Waals surface area contributed by atoms with Gasteiger partial charge >= 0.3 is 0 Å². The average Bonchev–Trinajstić information content (AvgIpc) is 2.48. The first-order chi connectivity index (χ1) is 10.1. The van der Waals surface area contributed by atoms with Crippen molar-refractivity contribution < 1.29 is 14.3 Å². The van der Waals surface area contributed by atoms with E-state index in [-0.39, 0.29) is 5.91 Å². The van der Waals surface area contributed by atoms with Crippen molar-refractivity contribution in [1.82, 2.24) is 0 Å². The maximum absolute atomic E-state index is 12.3. The molecule has 0 unspecified atom stereocenters. The molecule has 0 saturated heterocycles. The summed E-state index contributed by atoms with van der Waals surface area (Å²) in [6.45, 7) is 1.54. The van der Waals surface area contributed by atoms with Crippen LogP contribution in [0.1, 0.15) is 17.3 Å². The third-order valence-electron chi connectivity index (χ3n) is 2.87. The number of nitrogens with one attached hydrogen (secondary N) is 1. The van der Waals surface area contributed by atoms with Gasteiger partial charge in [0, 0.05) is 5.69 Å². The summed E-state index contributed by atoms with van der Waals surface area (Å²) in [4.78, 5) is 23.4. The van der Waals surface area contributed by atoms with E-state index in [1.807, 2.05) is 18.2 Å². The molecule has 0 spiro atoms. The van der Waals surface area contributed by atoms with Crippen molar-refractivity contribution in [3.05, 3.63) is 60.2 Å². The van der Waals surface area contributed by atoms with Crippen molar-refractivity contribution >= 4 is 17.5 Å². The average molecular weight is 284 g/mol. The van der Waals surface area contributed by atoms with Crippen LogP contribution in [0.2, 0.25) is 0 Å². The maximum Gasteiger partial charge on any atom is 0.259 e. The highest BCUT2D eigenvalue weighted by Crippen LogP contribution is 2.21. The summed E-state index contributed by atoms with van der Waals surface area (Å²) < 4.78 is 5.43. The minimum atomic E-state index is -0.810. The Balaban J connectivity index is 2.19. The van der Waals surface area contributed by atoms with Crippen LogP contribution in [0, 0.1) is 0 Å². The highest BCUT2D eigenvalue weighted by Gasteiger charge is 2.16. The normalized spacial score (nSPS) is 11.5. The Morgan fingerprint density at radius 1 is 1.05 bits per heavy atom. The number of carbonyl (C=O) groups excluding carboxylic acids is 2. The second-order valence-electron chi connectivity index (χ2n) is 4.48. The number of nitrogens with two attached hydrogens (primary N) is 1. The third-order valence-corrected chi connectivity index (χ3v) is 2.87. The Kier molecular flexibility index (Phi) is 4.56. The fourth-order valence-corrected chi connectivity index (χ4v) is 1.73. The second kappa shape index (κ2) is 6.56. The van der Waals surface area contributed by atoms with Crippen LogP contribution in [0.5, 0.6) is 5.75 Å². The van der Waals surface area contributed by atoms with Gasteiger partial charge in [-0.15, -0.1) is 0 Å². The fourth-order valence-electron chi connectivity index (χ4n) is 1.73. The molecule has 2 rings (SSSR count). The summed E-state index contributed by atoms with van der Waals surface area (Å²) in [5.41, 5.74) is 6.19. The zero-order valence-corrected chi connectivity index (χ0v) is 11.6. The monoisotopic (exact) mass is 284 g/mol. The van der Waals surface area contributed by atoms with E-state index < -0.39 is 12.0 Å². The second-order valence-corrected chi connectivity index (χ2v) is 4.48. The number of hydrogen-bond acceptors (Lipinski definition) is 3. The van der Waals surface area contributed by atoms with Crippen molar-refractivity contribution in [2.24, 2.45) is 5.73 Å². The van der Waals surface area contributed by atoms with E-state index in [4.69, 9.17) is 10.5 Å². The molecule has 0 fully saturated rings. The van der Waals surface area contributed by atoms with Crippen LogP contribution in [0.15, 0.2) is 54.6 Å². The van der Waals surface area contributed by atoms with Crippen molar-refractivity contribution in [1.29, 1.82) is 0 Å². The SMILES string of the molecule is C[C@@H](Oc1ccccc1C(=O)Nc1ccccc1)C(N)=O. The molecule has 2 amide bonds. The smallest absolute Gasteiger partial charge is 0.259 e. The lowest BCUT2D eigenvalue weighted by molar-refractivity contribution is -0.124. The molecule has 0 aliphatic heterocycles. The van der Waals surface area contributed by atoms with Gasteiger partial charge in [0.05, 0.1) is 5.56 Å². The van der Waals surface area contributed by atoms with Gasteiger partial charge in [0.25, 0.3) is 11.8 Å². The number of benzene rings is 2. The topological polar surface area (TPSA) is 81.4 Å². The Labute approximate surface area is 122 Å². The van der Waals surface area contributed by atoms with E-state index in [1.54, 1.807) is 36.4 Å². The van der Waals surface area contributed by atoms with Crippen molar-refractivity contribution in [2.75, 3.05) is 5.32 Å². The van der Waals surface area contributed by atoms with E-state index in [0.717, 1.165) is 0 Å². The number of hydrogen-bond donors (Lipinski definition) is 2. The number of para-hydroxylation sites is 2. The first-order valence-electron chi connectivity index (χ1n) is 6.49. The molecule has 21 heavy (non-hydrogen) atoms. The molecule has 1 atom stereocenters. The summed E-state index contributed by atoms with van der Waals surface area (Å²) in [5, 5.41) is 2.77. The van der Waals surface area contributed by atoms with Crippen LogP contribution in [-0.4, -0.2) is 17.9 Å². The molecule has 0 saturated carbocycles. The molecule has 0 aromatic heterocycles. The number of amides is 2. The van der Waals surface area contributed by atoms with Gasteiger partial charge in [-0.05, 0) is 31.2 Å². The van der Waals surface area contributed by atoms with Crippen LogP contribution in [0.25, 0.3) is 0 Å². The maximum atomic E-state index is 12.3. The summed E-state index contributed by atoms with van der Waals surface area (Å²) in [6, 6.07) is 15.8. The quantitative estimate of drug-likeness (QED) is 0.883. The van der Waals surface area contributed by atoms with Crippen LogP contribution >= 0.6 is 0 Å². The molecule has 0 bridgehead atoms. The summed E-state index contributed by atoms with van der Waals surface area (Å²) in [5.74, 6) is -0.584. The third kappa shape index (κ3) is 3.82. The summed E-state index contributed by atoms with van der Waals surface area (Å²) in [6.07, 6.45) is -0.810. The molecule has 2 aromatic carbocycles. The Morgan fingerprint density at radius 2 is 1.67 bits per heavy atom. The van der Waals surface area contributed by atoms with Gasteiger partial charge in [-0.3, -0.25) is 9.59 Å². The largest absolute Gasteiger partial charge is 0.480 e. The summed E-state index contributed by atoms with van der Waals surface area (Å²) in [7, 11) is 0. The van der Waals surface area contributed by atoms with E-state index in [9.17, 15) is 9.59 Å². The van der Waals surface area contributed by atoms with E-state index in [1.165, 1.54) is 6.92 Å². The molecule has 0 aliphatic rings. The van der Waals surface area contributed by atoms with Gasteiger partial charge in [0.15, 0.2) is 6.10 Å². The van der Waals surface area contributed by atoms with Crippen LogP contribution in [0.3, 0.4) is 0 Å². The van der Waals surface area contributed by atoms with Crippen molar-refractivity contribution in [3.8, 4) is 5.75 Å². The predicted molar refractivity (Wildman–Crippen MR) is 80.1 cm³/mol. The minimum Gasteiger partial charge on any atom is -0.480 e. The van der Waals surface area contributed by atoms with Gasteiger partial charge in [-0.1, -0.05) is 30.3 Å². The number of anilines is 1. The minimum absolute atomic E-state index is 0.312. The van der Waals surface area contributed by atoms with Crippen molar-refractivity contribution in [2.45, 2.75) is 13.0 Å². The molecule has 108 valence electrons. The lowest BCUT2D eigenvalue weighted by atomic mass is 10.1. The lowest BCUT2D eigenvalue weighted by Crippen LogP contribution is -2.31. The van der Waals surface area contributed by atoms with Crippen LogP contribution in [-0.2, 0) is 4.79 Å². The molecular formula is C16H16N2O3. The Morgan fingerprint density at radius 3 is 2.33 bits per heavy atom. The predicted octanol–water partition coefficient (Wildman–Crippen LogP) is 2.19. The Bertz CT molecular complexity index is 641. The zero-order valence-electron chi connectivity index (χ0n) is 11.6. The highest BCUT2D eigenvalue weighted by atomic mass is 16.5. The molecule has 2 aromatic rings. The number of ether oxygens (including phenoxy) is 1. The molecule has 5 nitrogen and oxygen atoms in total. The first-order valence-corrected chi connectivity index (χ1v) is 6.49. The van der Waals surface area contributed by atoms with Gasteiger partial charge in [0.2, 0.25) is 0 Å². The molecule has 0 aliphatic carbocycles. The molecule has 0 radical (unpaired) electrons. The van der Waals surface area contributed by atoms with E-state index in [0.29, 0.717) is 17.0 Å². The standard InChI is InChI=1S/C16H16N2O3/c1-11(15(17)19)21-14-10-6-5-9-13(14)16(20)18-12-7-3-2-4-8-12/h2-11H,1H3,(H2,17,19)(H,18,20)/t11-/m1/s1.